The van der Waals surface area contributed by atoms with Gasteiger partial charge < -0.3 is 19.1 Å². The maximum absolute atomic E-state index is 12.6. The lowest BCUT2D eigenvalue weighted by atomic mass is 10.2. The van der Waals surface area contributed by atoms with E-state index >= 15 is 0 Å². The quantitative estimate of drug-likeness (QED) is 0.243. The highest BCUT2D eigenvalue weighted by Gasteiger charge is 2.45. The number of rotatable bonds is 6. The van der Waals surface area contributed by atoms with Gasteiger partial charge in [-0.15, -0.1) is 0 Å². The second kappa shape index (κ2) is 7.80. The third-order valence-electron chi connectivity index (χ3n) is 5.13. The average Bonchev–Trinajstić information content (AvgIpc) is 2.86. The Morgan fingerprint density at radius 1 is 1.31 bits per heavy atom. The van der Waals surface area contributed by atoms with E-state index in [1.165, 1.54) is 0 Å². The van der Waals surface area contributed by atoms with Gasteiger partial charge in [-0.25, -0.2) is 4.74 Å². The van der Waals surface area contributed by atoms with Crippen LogP contribution in [0.5, 0.6) is 0 Å². The van der Waals surface area contributed by atoms with Crippen LogP contribution in [0.1, 0.15) is 40.2 Å². The molecule has 0 amide bonds. The Kier molecular flexibility index (Phi) is 6.33. The van der Waals surface area contributed by atoms with Crippen molar-refractivity contribution in [2.45, 2.75) is 77.3 Å². The SMILES string of the molecule is CC1(C)OC[C@@H]([C@H](/C=[N+](/[O-])Cc2ccccc2)O[Si](C)(C)C(C)(C)C)O1. The van der Waals surface area contributed by atoms with E-state index in [9.17, 15) is 5.21 Å². The molecule has 0 bridgehead atoms. The van der Waals surface area contributed by atoms with Gasteiger partial charge in [0.25, 0.3) is 0 Å². The molecule has 1 aliphatic heterocycles. The van der Waals surface area contributed by atoms with Crippen molar-refractivity contribution < 1.29 is 18.6 Å². The molecule has 6 heteroatoms. The molecule has 1 aliphatic rings. The maximum atomic E-state index is 12.6. The second-order valence-electron chi connectivity index (χ2n) is 8.92. The minimum atomic E-state index is -2.07. The maximum Gasteiger partial charge on any atom is 0.193 e. The summed E-state index contributed by atoms with van der Waals surface area (Å²) in [6, 6.07) is 9.70. The molecule has 0 aliphatic carbocycles. The van der Waals surface area contributed by atoms with E-state index < -0.39 is 20.2 Å². The minimum absolute atomic E-state index is 0.0429. The summed E-state index contributed by atoms with van der Waals surface area (Å²) >= 11 is 0. The van der Waals surface area contributed by atoms with Crippen molar-refractivity contribution in [2.75, 3.05) is 6.61 Å². The van der Waals surface area contributed by atoms with Crippen molar-refractivity contribution in [3.8, 4) is 0 Å². The molecule has 1 aromatic rings. The van der Waals surface area contributed by atoms with Gasteiger partial charge in [-0.05, 0) is 32.0 Å². The molecule has 146 valence electrons. The van der Waals surface area contributed by atoms with E-state index in [-0.39, 0.29) is 17.7 Å². The fraction of sp³-hybridized carbons (Fsp3) is 0.650. The highest BCUT2D eigenvalue weighted by Crippen LogP contribution is 2.38. The lowest BCUT2D eigenvalue weighted by molar-refractivity contribution is -0.473. The van der Waals surface area contributed by atoms with Gasteiger partial charge in [0.15, 0.2) is 33.0 Å². The molecule has 1 aromatic carbocycles. The first-order valence-electron chi connectivity index (χ1n) is 9.22. The molecule has 0 aromatic heterocycles. The first-order chi connectivity index (χ1) is 11.9. The van der Waals surface area contributed by atoms with Crippen LogP contribution in [-0.4, -0.2) is 43.9 Å². The number of nitrogens with zero attached hydrogens (tertiary/aromatic N) is 1. The molecule has 1 fully saturated rings. The lowest BCUT2D eigenvalue weighted by Gasteiger charge is -2.39. The second-order valence-corrected chi connectivity index (χ2v) is 13.7. The Morgan fingerprint density at radius 2 is 1.92 bits per heavy atom. The molecule has 0 radical (unpaired) electrons. The summed E-state index contributed by atoms with van der Waals surface area (Å²) < 4.78 is 19.2. The van der Waals surface area contributed by atoms with Crippen molar-refractivity contribution in [2.24, 2.45) is 0 Å². The van der Waals surface area contributed by atoms with E-state index in [1.807, 2.05) is 44.2 Å². The number of hydrogen-bond acceptors (Lipinski definition) is 4. The van der Waals surface area contributed by atoms with Crippen LogP contribution < -0.4 is 0 Å². The lowest BCUT2D eigenvalue weighted by Crippen LogP contribution is -2.49. The Labute approximate surface area is 158 Å². The molecular formula is C20H33NO4Si. The monoisotopic (exact) mass is 379 g/mol. The Hall–Kier alpha value is -1.21. The number of hydrogen-bond donors (Lipinski definition) is 0. The summed E-state index contributed by atoms with van der Waals surface area (Å²) in [5, 5.41) is 12.6. The fourth-order valence-corrected chi connectivity index (χ4v) is 3.82. The first-order valence-corrected chi connectivity index (χ1v) is 12.1. The van der Waals surface area contributed by atoms with Crippen LogP contribution in [0.25, 0.3) is 0 Å². The third kappa shape index (κ3) is 5.64. The Morgan fingerprint density at radius 3 is 2.42 bits per heavy atom. The molecule has 0 spiro atoms. The van der Waals surface area contributed by atoms with E-state index in [2.05, 4.69) is 33.9 Å². The molecule has 0 N–H and O–H groups in total. The van der Waals surface area contributed by atoms with Gasteiger partial charge in [-0.2, -0.15) is 0 Å². The summed E-state index contributed by atoms with van der Waals surface area (Å²) in [4.78, 5) is 0. The number of ether oxygens (including phenoxy) is 2. The van der Waals surface area contributed by atoms with Crippen LogP contribution in [0.2, 0.25) is 18.1 Å². The van der Waals surface area contributed by atoms with Crippen LogP contribution in [0.3, 0.4) is 0 Å². The van der Waals surface area contributed by atoms with Crippen LogP contribution in [-0.2, 0) is 20.4 Å². The summed E-state index contributed by atoms with van der Waals surface area (Å²) in [6.45, 7) is 15.4. The van der Waals surface area contributed by atoms with Gasteiger partial charge in [0.05, 0.1) is 6.61 Å². The van der Waals surface area contributed by atoms with E-state index in [4.69, 9.17) is 13.9 Å². The highest BCUT2D eigenvalue weighted by molar-refractivity contribution is 6.74. The van der Waals surface area contributed by atoms with Gasteiger partial charge in [0, 0.05) is 5.56 Å². The molecular weight excluding hydrogens is 346 g/mol. The third-order valence-corrected chi connectivity index (χ3v) is 9.60. The Bertz CT molecular complexity index is 622. The molecule has 26 heavy (non-hydrogen) atoms. The smallest absolute Gasteiger partial charge is 0.193 e. The molecule has 2 atom stereocenters. The van der Waals surface area contributed by atoms with Crippen LogP contribution in [0.4, 0.5) is 0 Å². The first kappa shape index (κ1) is 21.1. The van der Waals surface area contributed by atoms with E-state index in [1.54, 1.807) is 6.21 Å². The highest BCUT2D eigenvalue weighted by atomic mass is 28.4. The predicted octanol–water partition coefficient (Wildman–Crippen LogP) is 4.31. The molecule has 1 heterocycles. The van der Waals surface area contributed by atoms with Crippen molar-refractivity contribution in [1.29, 1.82) is 0 Å². The van der Waals surface area contributed by atoms with E-state index in [0.29, 0.717) is 6.61 Å². The largest absolute Gasteiger partial charge is 0.624 e. The molecule has 5 nitrogen and oxygen atoms in total. The van der Waals surface area contributed by atoms with Gasteiger partial charge in [-0.1, -0.05) is 51.1 Å². The van der Waals surface area contributed by atoms with Crippen LogP contribution in [0.15, 0.2) is 30.3 Å². The van der Waals surface area contributed by atoms with Crippen molar-refractivity contribution in [3.63, 3.8) is 0 Å². The molecule has 0 unspecified atom stereocenters. The van der Waals surface area contributed by atoms with E-state index in [0.717, 1.165) is 10.3 Å². The molecule has 2 rings (SSSR count). The average molecular weight is 380 g/mol. The van der Waals surface area contributed by atoms with Gasteiger partial charge in [0.2, 0.25) is 0 Å². The van der Waals surface area contributed by atoms with Crippen molar-refractivity contribution in [3.05, 3.63) is 41.1 Å². The standard InChI is InChI=1S/C20H33NO4Si/c1-19(2,3)26(6,7)25-17(18-15-23-20(4,5)24-18)14-21(22)13-16-11-9-8-10-12-16/h8-12,14,17-18H,13,15H2,1-7H3/b21-14+/t17-,18-/m0/s1. The topological polar surface area (TPSA) is 53.8 Å². The van der Waals surface area contributed by atoms with Crippen molar-refractivity contribution in [1.82, 2.24) is 0 Å². The Balaban J connectivity index is 2.21. The summed E-state index contributed by atoms with van der Waals surface area (Å²) in [6.07, 6.45) is 0.897. The van der Waals surface area contributed by atoms with Gasteiger partial charge in [0.1, 0.15) is 6.10 Å². The summed E-state index contributed by atoms with van der Waals surface area (Å²) in [5.74, 6) is -0.652. The fourth-order valence-electron chi connectivity index (χ4n) is 2.58. The minimum Gasteiger partial charge on any atom is -0.624 e. The van der Waals surface area contributed by atoms with Gasteiger partial charge in [-0.3, -0.25) is 0 Å². The zero-order valence-corrected chi connectivity index (χ0v) is 18.1. The zero-order chi connectivity index (χ0) is 19.6. The predicted molar refractivity (Wildman–Crippen MR) is 107 cm³/mol. The normalized spacial score (nSPS) is 22.4. The van der Waals surface area contributed by atoms with Crippen LogP contribution in [0, 0.1) is 5.21 Å². The van der Waals surface area contributed by atoms with Crippen LogP contribution >= 0.6 is 0 Å². The number of hydroxylamine groups is 1. The van der Waals surface area contributed by atoms with Crippen molar-refractivity contribution >= 4 is 14.5 Å². The van der Waals surface area contributed by atoms with Gasteiger partial charge >= 0.3 is 0 Å². The summed E-state index contributed by atoms with van der Waals surface area (Å²) in [5.41, 5.74) is 0.966. The zero-order valence-electron chi connectivity index (χ0n) is 17.1. The summed E-state index contributed by atoms with van der Waals surface area (Å²) in [7, 11) is -2.07. The molecule has 0 saturated carbocycles. The molecule has 1 saturated heterocycles. The number of benzene rings is 1.